The standard InChI is InChI=1S/C15H23N3O/c1-2-3-11-6-8-18(9-7-11)14-5-4-12(16)10-13(14)15(17)19/h4-5,10-11H,2-3,6-9,16H2,1H3,(H2,17,19). The van der Waals surface area contributed by atoms with E-state index in [1.807, 2.05) is 12.1 Å². The van der Waals surface area contributed by atoms with Crippen LogP contribution in [0.1, 0.15) is 43.0 Å². The molecule has 1 fully saturated rings. The maximum atomic E-state index is 11.5. The Morgan fingerprint density at radius 1 is 1.37 bits per heavy atom. The molecule has 104 valence electrons. The van der Waals surface area contributed by atoms with Gasteiger partial charge in [0.1, 0.15) is 0 Å². The van der Waals surface area contributed by atoms with Crippen LogP contribution in [0.25, 0.3) is 0 Å². The Kier molecular flexibility index (Phi) is 4.30. The van der Waals surface area contributed by atoms with Crippen molar-refractivity contribution in [2.45, 2.75) is 32.6 Å². The molecule has 1 heterocycles. The van der Waals surface area contributed by atoms with E-state index >= 15 is 0 Å². The van der Waals surface area contributed by atoms with Gasteiger partial charge in [0, 0.05) is 24.5 Å². The van der Waals surface area contributed by atoms with Crippen LogP contribution in [-0.2, 0) is 0 Å². The second-order valence-corrected chi connectivity index (χ2v) is 5.36. The third-order valence-electron chi connectivity index (χ3n) is 3.94. The van der Waals surface area contributed by atoms with Gasteiger partial charge in [0.2, 0.25) is 0 Å². The number of hydrogen-bond acceptors (Lipinski definition) is 3. The summed E-state index contributed by atoms with van der Waals surface area (Å²) in [7, 11) is 0. The van der Waals surface area contributed by atoms with Gasteiger partial charge < -0.3 is 16.4 Å². The molecule has 0 aliphatic carbocycles. The van der Waals surface area contributed by atoms with Crippen molar-refractivity contribution in [3.05, 3.63) is 23.8 Å². The zero-order valence-corrected chi connectivity index (χ0v) is 11.6. The van der Waals surface area contributed by atoms with Crippen LogP contribution in [0.15, 0.2) is 18.2 Å². The molecule has 4 heteroatoms. The van der Waals surface area contributed by atoms with Gasteiger partial charge in [-0.3, -0.25) is 4.79 Å². The summed E-state index contributed by atoms with van der Waals surface area (Å²) in [5.41, 5.74) is 13.2. The highest BCUT2D eigenvalue weighted by molar-refractivity contribution is 5.99. The average molecular weight is 261 g/mol. The Hall–Kier alpha value is -1.71. The van der Waals surface area contributed by atoms with Gasteiger partial charge in [0.05, 0.1) is 5.56 Å². The van der Waals surface area contributed by atoms with E-state index in [2.05, 4.69) is 11.8 Å². The lowest BCUT2D eigenvalue weighted by Crippen LogP contribution is -2.35. The topological polar surface area (TPSA) is 72.3 Å². The number of piperidine rings is 1. The van der Waals surface area contributed by atoms with Crippen molar-refractivity contribution in [1.82, 2.24) is 0 Å². The molecular weight excluding hydrogens is 238 g/mol. The second-order valence-electron chi connectivity index (χ2n) is 5.36. The van der Waals surface area contributed by atoms with Gasteiger partial charge in [0.15, 0.2) is 0 Å². The first kappa shape index (κ1) is 13.7. The number of carbonyl (C=O) groups is 1. The molecule has 0 unspecified atom stereocenters. The summed E-state index contributed by atoms with van der Waals surface area (Å²) in [4.78, 5) is 13.8. The maximum Gasteiger partial charge on any atom is 0.250 e. The molecule has 1 aliphatic heterocycles. The number of rotatable bonds is 4. The Bertz CT molecular complexity index is 451. The second kappa shape index (κ2) is 5.95. The maximum absolute atomic E-state index is 11.5. The highest BCUT2D eigenvalue weighted by Gasteiger charge is 2.21. The van der Waals surface area contributed by atoms with Crippen LogP contribution in [0.2, 0.25) is 0 Å². The van der Waals surface area contributed by atoms with Gasteiger partial charge in [-0.15, -0.1) is 0 Å². The molecule has 1 aromatic carbocycles. The number of hydrogen-bond donors (Lipinski definition) is 2. The van der Waals surface area contributed by atoms with Gasteiger partial charge in [-0.05, 0) is 37.0 Å². The molecule has 0 saturated carbocycles. The fourth-order valence-electron chi connectivity index (χ4n) is 2.90. The predicted molar refractivity (Wildman–Crippen MR) is 79.2 cm³/mol. The molecule has 19 heavy (non-hydrogen) atoms. The summed E-state index contributed by atoms with van der Waals surface area (Å²) in [6.45, 7) is 4.22. The Morgan fingerprint density at radius 3 is 2.63 bits per heavy atom. The minimum Gasteiger partial charge on any atom is -0.399 e. The Balaban J connectivity index is 2.13. The quantitative estimate of drug-likeness (QED) is 0.817. The highest BCUT2D eigenvalue weighted by Crippen LogP contribution is 2.29. The zero-order valence-electron chi connectivity index (χ0n) is 11.6. The van der Waals surface area contributed by atoms with Gasteiger partial charge in [-0.25, -0.2) is 0 Å². The van der Waals surface area contributed by atoms with E-state index in [-0.39, 0.29) is 0 Å². The van der Waals surface area contributed by atoms with Gasteiger partial charge in [0.25, 0.3) is 5.91 Å². The molecule has 0 aromatic heterocycles. The lowest BCUT2D eigenvalue weighted by atomic mass is 9.92. The molecule has 4 N–H and O–H groups in total. The smallest absolute Gasteiger partial charge is 0.250 e. The molecule has 0 atom stereocenters. The number of nitrogens with zero attached hydrogens (tertiary/aromatic N) is 1. The highest BCUT2D eigenvalue weighted by atomic mass is 16.1. The van der Waals surface area contributed by atoms with Crippen LogP contribution in [0.5, 0.6) is 0 Å². The number of nitrogen functional groups attached to an aromatic ring is 1. The van der Waals surface area contributed by atoms with E-state index in [0.29, 0.717) is 11.3 Å². The first-order valence-corrected chi connectivity index (χ1v) is 7.06. The summed E-state index contributed by atoms with van der Waals surface area (Å²) < 4.78 is 0. The largest absolute Gasteiger partial charge is 0.399 e. The Morgan fingerprint density at radius 2 is 2.05 bits per heavy atom. The van der Waals surface area contributed by atoms with Crippen molar-refractivity contribution < 1.29 is 4.79 Å². The summed E-state index contributed by atoms with van der Waals surface area (Å²) in [5.74, 6) is 0.421. The number of primary amides is 1. The zero-order chi connectivity index (χ0) is 13.8. The van der Waals surface area contributed by atoms with Crippen LogP contribution in [0, 0.1) is 5.92 Å². The predicted octanol–water partition coefficient (Wildman–Crippen LogP) is 2.38. The molecule has 2 rings (SSSR count). The van der Waals surface area contributed by atoms with E-state index in [4.69, 9.17) is 11.5 Å². The number of nitrogens with two attached hydrogens (primary N) is 2. The van der Waals surface area contributed by atoms with Crippen molar-refractivity contribution in [2.24, 2.45) is 11.7 Å². The molecule has 1 saturated heterocycles. The van der Waals surface area contributed by atoms with Gasteiger partial charge in [-0.1, -0.05) is 19.8 Å². The van der Waals surface area contributed by atoms with Crippen LogP contribution >= 0.6 is 0 Å². The Labute approximate surface area is 114 Å². The fourth-order valence-corrected chi connectivity index (χ4v) is 2.90. The summed E-state index contributed by atoms with van der Waals surface area (Å²) >= 11 is 0. The number of amides is 1. The van der Waals surface area contributed by atoms with E-state index in [0.717, 1.165) is 24.7 Å². The van der Waals surface area contributed by atoms with Gasteiger partial charge in [-0.2, -0.15) is 0 Å². The third kappa shape index (κ3) is 3.19. The van der Waals surface area contributed by atoms with Gasteiger partial charge >= 0.3 is 0 Å². The summed E-state index contributed by atoms with van der Waals surface area (Å²) in [6.07, 6.45) is 4.93. The minimum atomic E-state index is -0.405. The van der Waals surface area contributed by atoms with Crippen molar-refractivity contribution in [1.29, 1.82) is 0 Å². The van der Waals surface area contributed by atoms with Crippen LogP contribution in [-0.4, -0.2) is 19.0 Å². The van der Waals surface area contributed by atoms with Crippen LogP contribution < -0.4 is 16.4 Å². The normalized spacial score (nSPS) is 16.6. The van der Waals surface area contributed by atoms with E-state index in [1.165, 1.54) is 25.7 Å². The first-order chi connectivity index (χ1) is 9.11. The molecule has 4 nitrogen and oxygen atoms in total. The SMILES string of the molecule is CCCC1CCN(c2ccc(N)cc2C(N)=O)CC1. The summed E-state index contributed by atoms with van der Waals surface area (Å²) in [6, 6.07) is 5.42. The number of benzene rings is 1. The number of anilines is 2. The third-order valence-corrected chi connectivity index (χ3v) is 3.94. The van der Waals surface area contributed by atoms with Crippen molar-refractivity contribution in [3.8, 4) is 0 Å². The van der Waals surface area contributed by atoms with Crippen molar-refractivity contribution in [3.63, 3.8) is 0 Å². The van der Waals surface area contributed by atoms with Crippen molar-refractivity contribution in [2.75, 3.05) is 23.7 Å². The molecule has 1 amide bonds. The molecule has 0 spiro atoms. The first-order valence-electron chi connectivity index (χ1n) is 7.06. The molecule has 0 bridgehead atoms. The summed E-state index contributed by atoms with van der Waals surface area (Å²) in [5, 5.41) is 0. The van der Waals surface area contributed by atoms with E-state index in [1.54, 1.807) is 6.07 Å². The van der Waals surface area contributed by atoms with E-state index in [9.17, 15) is 4.79 Å². The fraction of sp³-hybridized carbons (Fsp3) is 0.533. The minimum absolute atomic E-state index is 0.405. The monoisotopic (exact) mass is 261 g/mol. The van der Waals surface area contributed by atoms with Crippen LogP contribution in [0.3, 0.4) is 0 Å². The van der Waals surface area contributed by atoms with E-state index < -0.39 is 5.91 Å². The molecular formula is C15H23N3O. The molecule has 1 aromatic rings. The lowest BCUT2D eigenvalue weighted by Gasteiger charge is -2.34. The number of carbonyl (C=O) groups excluding carboxylic acids is 1. The average Bonchev–Trinajstić information content (AvgIpc) is 2.40. The van der Waals surface area contributed by atoms with Crippen molar-refractivity contribution >= 4 is 17.3 Å². The lowest BCUT2D eigenvalue weighted by molar-refractivity contribution is 0.100. The molecule has 1 aliphatic rings. The van der Waals surface area contributed by atoms with Crippen LogP contribution in [0.4, 0.5) is 11.4 Å². The molecule has 0 radical (unpaired) electrons.